The van der Waals surface area contributed by atoms with E-state index < -0.39 is 20.5 Å². The molecule has 0 radical (unpaired) electrons. The second-order valence-electron chi connectivity index (χ2n) is 5.86. The zero-order valence-corrected chi connectivity index (χ0v) is 14.2. The Hall–Kier alpha value is -1.76. The lowest BCUT2D eigenvalue weighted by atomic mass is 10.2. The average Bonchev–Trinajstić information content (AvgIpc) is 2.42. The van der Waals surface area contributed by atoms with Gasteiger partial charge in [-0.05, 0) is 45.4 Å². The third kappa shape index (κ3) is 4.62. The number of rotatable bonds is 7. The second-order valence-corrected chi connectivity index (χ2v) is 8.72. The van der Waals surface area contributed by atoms with Gasteiger partial charge in [0.1, 0.15) is 11.5 Å². The fourth-order valence-electron chi connectivity index (χ4n) is 1.69. The number of sulfone groups is 1. The summed E-state index contributed by atoms with van der Waals surface area (Å²) in [5, 5.41) is 0. The molecule has 0 unspecified atom stereocenters. The maximum atomic E-state index is 12.0. The van der Waals surface area contributed by atoms with Crippen LogP contribution in [0.5, 0.6) is 11.5 Å². The van der Waals surface area contributed by atoms with Crippen LogP contribution in [0.2, 0.25) is 0 Å². The van der Waals surface area contributed by atoms with Crippen molar-refractivity contribution in [2.24, 2.45) is 5.73 Å². The van der Waals surface area contributed by atoms with Crippen LogP contribution in [0.25, 0.3) is 0 Å². The van der Waals surface area contributed by atoms with Crippen LogP contribution in [-0.2, 0) is 9.84 Å². The highest BCUT2D eigenvalue weighted by molar-refractivity contribution is 7.92. The standard InChI is InChI=1S/C15H23NO5S/c1-15(2,3)22(18,19)9-5-8-21-13-7-6-11(20-4)10-12(13)14(16)17/h6-7,10H,5,8-9H2,1-4H3,(H2,16,17). The highest BCUT2D eigenvalue weighted by atomic mass is 32.2. The molecule has 0 bridgehead atoms. The fourth-order valence-corrected chi connectivity index (χ4v) is 2.80. The van der Waals surface area contributed by atoms with Crippen molar-refractivity contribution in [3.8, 4) is 11.5 Å². The summed E-state index contributed by atoms with van der Waals surface area (Å²) in [5.41, 5.74) is 5.50. The molecule has 0 saturated carbocycles. The minimum absolute atomic E-state index is 0.0263. The Kier molecular flexibility index (Phi) is 5.82. The molecular weight excluding hydrogens is 306 g/mol. The van der Waals surface area contributed by atoms with Crippen molar-refractivity contribution in [1.29, 1.82) is 0 Å². The van der Waals surface area contributed by atoms with Gasteiger partial charge in [0.25, 0.3) is 5.91 Å². The Morgan fingerprint density at radius 1 is 1.27 bits per heavy atom. The maximum absolute atomic E-state index is 12.0. The summed E-state index contributed by atoms with van der Waals surface area (Å²) in [6, 6.07) is 4.72. The van der Waals surface area contributed by atoms with Crippen LogP contribution in [0.15, 0.2) is 18.2 Å². The van der Waals surface area contributed by atoms with E-state index in [0.29, 0.717) is 17.9 Å². The van der Waals surface area contributed by atoms with Gasteiger partial charge in [0, 0.05) is 0 Å². The molecular formula is C15H23NO5S. The Morgan fingerprint density at radius 2 is 1.91 bits per heavy atom. The molecule has 1 aromatic rings. The number of amides is 1. The zero-order chi connectivity index (χ0) is 17.0. The molecule has 0 aromatic heterocycles. The molecule has 1 aromatic carbocycles. The van der Waals surface area contributed by atoms with Gasteiger partial charge in [-0.25, -0.2) is 8.42 Å². The van der Waals surface area contributed by atoms with Crippen molar-refractivity contribution in [2.75, 3.05) is 19.5 Å². The molecule has 0 aliphatic rings. The summed E-state index contributed by atoms with van der Waals surface area (Å²) in [7, 11) is -1.70. The van der Waals surface area contributed by atoms with Gasteiger partial charge in [-0.3, -0.25) is 4.79 Å². The van der Waals surface area contributed by atoms with Gasteiger partial charge in [-0.2, -0.15) is 0 Å². The number of hydrogen-bond donors (Lipinski definition) is 1. The lowest BCUT2D eigenvalue weighted by molar-refractivity contribution is 0.0996. The van der Waals surface area contributed by atoms with Gasteiger partial charge in [0.2, 0.25) is 0 Å². The fraction of sp³-hybridized carbons (Fsp3) is 0.533. The first-order chi connectivity index (χ1) is 10.1. The number of methoxy groups -OCH3 is 1. The van der Waals surface area contributed by atoms with Gasteiger partial charge in [0.15, 0.2) is 9.84 Å². The minimum atomic E-state index is -3.18. The van der Waals surface area contributed by atoms with Crippen molar-refractivity contribution in [3.05, 3.63) is 23.8 Å². The quantitative estimate of drug-likeness (QED) is 0.769. The molecule has 0 fully saturated rings. The molecule has 1 rings (SSSR count). The lowest BCUT2D eigenvalue weighted by Gasteiger charge is -2.19. The SMILES string of the molecule is COc1ccc(OCCCS(=O)(=O)C(C)(C)C)c(C(N)=O)c1. The average molecular weight is 329 g/mol. The summed E-state index contributed by atoms with van der Waals surface area (Å²) in [4.78, 5) is 11.4. The highest BCUT2D eigenvalue weighted by Crippen LogP contribution is 2.24. The third-order valence-corrected chi connectivity index (χ3v) is 5.89. The smallest absolute Gasteiger partial charge is 0.252 e. The summed E-state index contributed by atoms with van der Waals surface area (Å²) >= 11 is 0. The van der Waals surface area contributed by atoms with E-state index in [4.69, 9.17) is 15.2 Å². The van der Waals surface area contributed by atoms with Crippen molar-refractivity contribution in [3.63, 3.8) is 0 Å². The van der Waals surface area contributed by atoms with Crippen LogP contribution in [0.3, 0.4) is 0 Å². The molecule has 0 aliphatic heterocycles. The molecule has 6 nitrogen and oxygen atoms in total. The predicted molar refractivity (Wildman–Crippen MR) is 85.2 cm³/mol. The third-order valence-electron chi connectivity index (χ3n) is 3.20. The first-order valence-corrected chi connectivity index (χ1v) is 8.56. The summed E-state index contributed by atoms with van der Waals surface area (Å²) in [6.07, 6.45) is 0.337. The first kappa shape index (κ1) is 18.3. The van der Waals surface area contributed by atoms with Crippen molar-refractivity contribution < 1.29 is 22.7 Å². The van der Waals surface area contributed by atoms with E-state index in [-0.39, 0.29) is 17.9 Å². The van der Waals surface area contributed by atoms with E-state index in [9.17, 15) is 13.2 Å². The van der Waals surface area contributed by atoms with Gasteiger partial charge in [-0.1, -0.05) is 0 Å². The van der Waals surface area contributed by atoms with Crippen molar-refractivity contribution in [1.82, 2.24) is 0 Å². The maximum Gasteiger partial charge on any atom is 0.252 e. The Balaban J connectivity index is 2.68. The number of hydrogen-bond acceptors (Lipinski definition) is 5. The monoisotopic (exact) mass is 329 g/mol. The topological polar surface area (TPSA) is 95.7 Å². The van der Waals surface area contributed by atoms with E-state index in [0.717, 1.165) is 0 Å². The van der Waals surface area contributed by atoms with E-state index in [1.807, 2.05) is 0 Å². The molecule has 2 N–H and O–H groups in total. The molecule has 22 heavy (non-hydrogen) atoms. The Bertz CT molecular complexity index is 632. The number of nitrogens with two attached hydrogens (primary N) is 1. The molecule has 0 aliphatic carbocycles. The predicted octanol–water partition coefficient (Wildman–Crippen LogP) is 1.78. The van der Waals surface area contributed by atoms with E-state index >= 15 is 0 Å². The Morgan fingerprint density at radius 3 is 2.41 bits per heavy atom. The summed E-state index contributed by atoms with van der Waals surface area (Å²) < 4.78 is 33.7. The largest absolute Gasteiger partial charge is 0.497 e. The van der Waals surface area contributed by atoms with E-state index in [1.165, 1.54) is 13.2 Å². The molecule has 0 saturated heterocycles. The number of carbonyl (C=O) groups is 1. The van der Waals surface area contributed by atoms with Crippen LogP contribution in [0.1, 0.15) is 37.6 Å². The van der Waals surface area contributed by atoms with Crippen LogP contribution in [0, 0.1) is 0 Å². The normalized spacial score (nSPS) is 12.0. The van der Waals surface area contributed by atoms with Crippen LogP contribution >= 0.6 is 0 Å². The second kappa shape index (κ2) is 7.00. The number of ether oxygens (including phenoxy) is 2. The van der Waals surface area contributed by atoms with Crippen molar-refractivity contribution >= 4 is 15.7 Å². The minimum Gasteiger partial charge on any atom is -0.497 e. The number of carbonyl (C=O) groups excluding carboxylic acids is 1. The van der Waals surface area contributed by atoms with Crippen LogP contribution in [-0.4, -0.2) is 38.5 Å². The zero-order valence-electron chi connectivity index (χ0n) is 13.4. The molecule has 0 spiro atoms. The van der Waals surface area contributed by atoms with Gasteiger partial charge < -0.3 is 15.2 Å². The van der Waals surface area contributed by atoms with Crippen molar-refractivity contribution in [2.45, 2.75) is 31.9 Å². The first-order valence-electron chi connectivity index (χ1n) is 6.91. The highest BCUT2D eigenvalue weighted by Gasteiger charge is 2.28. The van der Waals surface area contributed by atoms with Crippen LogP contribution in [0.4, 0.5) is 0 Å². The molecule has 124 valence electrons. The molecule has 7 heteroatoms. The van der Waals surface area contributed by atoms with Gasteiger partial charge in [0.05, 0.1) is 29.8 Å². The Labute approximate surface area is 131 Å². The summed E-state index contributed by atoms with van der Waals surface area (Å²) in [6.45, 7) is 5.18. The summed E-state index contributed by atoms with van der Waals surface area (Å²) in [5.74, 6) is 0.215. The number of benzene rings is 1. The molecule has 0 heterocycles. The number of primary amides is 1. The van der Waals surface area contributed by atoms with Crippen LogP contribution < -0.4 is 15.2 Å². The van der Waals surface area contributed by atoms with Gasteiger partial charge in [-0.15, -0.1) is 0 Å². The lowest BCUT2D eigenvalue weighted by Crippen LogP contribution is -2.31. The molecule has 1 amide bonds. The van der Waals surface area contributed by atoms with E-state index in [1.54, 1.807) is 32.9 Å². The molecule has 0 atom stereocenters. The van der Waals surface area contributed by atoms with E-state index in [2.05, 4.69) is 0 Å². The van der Waals surface area contributed by atoms with Gasteiger partial charge >= 0.3 is 0 Å².